The number of furan rings is 1. The van der Waals surface area contributed by atoms with Crippen LogP contribution in [0.25, 0.3) is 0 Å². The maximum Gasteiger partial charge on any atom is 0.289 e. The zero-order valence-corrected chi connectivity index (χ0v) is 14.3. The molecule has 7 heteroatoms. The number of hydrogen-bond acceptors (Lipinski definition) is 5. The molecule has 2 fully saturated rings. The van der Waals surface area contributed by atoms with Gasteiger partial charge in [-0.15, -0.1) is 0 Å². The number of amides is 2. The quantitative estimate of drug-likeness (QED) is 0.877. The number of ether oxygens (including phenoxy) is 1. The van der Waals surface area contributed by atoms with E-state index in [1.807, 2.05) is 4.90 Å². The van der Waals surface area contributed by atoms with E-state index in [4.69, 9.17) is 9.15 Å². The molecule has 2 amide bonds. The second-order valence-electron chi connectivity index (χ2n) is 6.58. The lowest BCUT2D eigenvalue weighted by Gasteiger charge is -2.33. The highest BCUT2D eigenvalue weighted by Crippen LogP contribution is 2.24. The zero-order chi connectivity index (χ0) is 17.1. The second-order valence-corrected chi connectivity index (χ2v) is 6.58. The highest BCUT2D eigenvalue weighted by atomic mass is 16.5. The molecule has 1 aromatic heterocycles. The summed E-state index contributed by atoms with van der Waals surface area (Å²) in [5, 5.41) is 2.66. The Labute approximate surface area is 141 Å². The van der Waals surface area contributed by atoms with Crippen molar-refractivity contribution in [3.8, 4) is 0 Å². The van der Waals surface area contributed by atoms with E-state index < -0.39 is 0 Å². The second kappa shape index (κ2) is 7.36. The normalized spacial score (nSPS) is 25.0. The Morgan fingerprint density at radius 1 is 1.25 bits per heavy atom. The predicted octanol–water partition coefficient (Wildman–Crippen LogP) is 0.708. The molecule has 2 aliphatic heterocycles. The maximum absolute atomic E-state index is 12.7. The van der Waals surface area contributed by atoms with Gasteiger partial charge in [0.1, 0.15) is 5.76 Å². The van der Waals surface area contributed by atoms with Crippen molar-refractivity contribution in [1.29, 1.82) is 0 Å². The van der Waals surface area contributed by atoms with Crippen LogP contribution in [0.2, 0.25) is 0 Å². The highest BCUT2D eigenvalue weighted by Gasteiger charge is 2.37. The first kappa shape index (κ1) is 17.0. The smallest absolute Gasteiger partial charge is 0.289 e. The van der Waals surface area contributed by atoms with Gasteiger partial charge in [0.2, 0.25) is 5.91 Å². The summed E-state index contributed by atoms with van der Waals surface area (Å²) >= 11 is 0. The van der Waals surface area contributed by atoms with Crippen molar-refractivity contribution in [3.63, 3.8) is 0 Å². The molecule has 2 aliphatic rings. The number of morpholine rings is 1. The number of rotatable bonds is 4. The number of carbonyl (C=O) groups excluding carboxylic acids is 2. The van der Waals surface area contributed by atoms with Gasteiger partial charge in [-0.25, -0.2) is 0 Å². The van der Waals surface area contributed by atoms with Crippen LogP contribution in [0.3, 0.4) is 0 Å². The predicted molar refractivity (Wildman–Crippen MR) is 87.5 cm³/mol. The van der Waals surface area contributed by atoms with Gasteiger partial charge in [-0.3, -0.25) is 14.5 Å². The van der Waals surface area contributed by atoms with Crippen LogP contribution in [-0.4, -0.2) is 67.0 Å². The molecule has 1 N–H and O–H groups in total. The van der Waals surface area contributed by atoms with E-state index in [9.17, 15) is 9.59 Å². The number of nitrogens with zero attached hydrogens (tertiary/aromatic N) is 2. The highest BCUT2D eigenvalue weighted by molar-refractivity contribution is 5.91. The SMILES string of the molecule is CC(=O)NCc1ccc(C(=O)N2C[C@@H](N3CCOCC3)[C@@H](C)C2)o1. The molecule has 2 saturated heterocycles. The van der Waals surface area contributed by atoms with Gasteiger partial charge in [0.25, 0.3) is 5.91 Å². The van der Waals surface area contributed by atoms with Crippen LogP contribution in [0.4, 0.5) is 0 Å². The summed E-state index contributed by atoms with van der Waals surface area (Å²) in [6.45, 7) is 8.80. The zero-order valence-electron chi connectivity index (χ0n) is 14.3. The molecule has 0 saturated carbocycles. The standard InChI is InChI=1S/C17H25N3O4/c1-12-10-20(11-15(12)19-5-7-23-8-6-19)17(22)16-4-3-14(24-16)9-18-13(2)21/h3-4,12,15H,5-11H2,1-2H3,(H,18,21)/t12-,15+/m0/s1. The third kappa shape index (κ3) is 3.79. The molecule has 2 atom stereocenters. The molecule has 24 heavy (non-hydrogen) atoms. The summed E-state index contributed by atoms with van der Waals surface area (Å²) in [5.41, 5.74) is 0. The average Bonchev–Trinajstić information content (AvgIpc) is 3.20. The topological polar surface area (TPSA) is 75.0 Å². The minimum Gasteiger partial charge on any atom is -0.454 e. The largest absolute Gasteiger partial charge is 0.454 e. The van der Waals surface area contributed by atoms with Crippen molar-refractivity contribution < 1.29 is 18.7 Å². The summed E-state index contributed by atoms with van der Waals surface area (Å²) in [6.07, 6.45) is 0. The van der Waals surface area contributed by atoms with Crippen LogP contribution >= 0.6 is 0 Å². The first-order valence-electron chi connectivity index (χ1n) is 8.49. The first-order valence-corrected chi connectivity index (χ1v) is 8.49. The van der Waals surface area contributed by atoms with Crippen molar-refractivity contribution in [1.82, 2.24) is 15.1 Å². The first-order chi connectivity index (χ1) is 11.5. The van der Waals surface area contributed by atoms with Crippen molar-refractivity contribution in [2.75, 3.05) is 39.4 Å². The van der Waals surface area contributed by atoms with E-state index in [1.165, 1.54) is 6.92 Å². The molecule has 0 unspecified atom stereocenters. The Balaban J connectivity index is 1.60. The lowest BCUT2D eigenvalue weighted by atomic mass is 10.0. The molecule has 7 nitrogen and oxygen atoms in total. The van der Waals surface area contributed by atoms with Gasteiger partial charge in [-0.05, 0) is 18.1 Å². The summed E-state index contributed by atoms with van der Waals surface area (Å²) in [5.74, 6) is 1.16. The van der Waals surface area contributed by atoms with Gasteiger partial charge < -0.3 is 19.4 Å². The van der Waals surface area contributed by atoms with Gasteiger partial charge >= 0.3 is 0 Å². The van der Waals surface area contributed by atoms with Gasteiger partial charge in [-0.2, -0.15) is 0 Å². The van der Waals surface area contributed by atoms with E-state index in [-0.39, 0.29) is 11.8 Å². The number of hydrogen-bond donors (Lipinski definition) is 1. The molecule has 0 aliphatic carbocycles. The molecule has 0 spiro atoms. The molecular weight excluding hydrogens is 310 g/mol. The van der Waals surface area contributed by atoms with E-state index in [0.29, 0.717) is 30.0 Å². The third-order valence-electron chi connectivity index (χ3n) is 4.76. The minimum atomic E-state index is -0.124. The van der Waals surface area contributed by atoms with Crippen molar-refractivity contribution in [3.05, 3.63) is 23.7 Å². The van der Waals surface area contributed by atoms with Gasteiger partial charge in [0.05, 0.1) is 19.8 Å². The fourth-order valence-corrected chi connectivity index (χ4v) is 3.46. The van der Waals surface area contributed by atoms with Gasteiger partial charge in [0.15, 0.2) is 5.76 Å². The van der Waals surface area contributed by atoms with E-state index >= 15 is 0 Å². The Bertz CT molecular complexity index is 594. The van der Waals surface area contributed by atoms with E-state index in [0.717, 1.165) is 39.4 Å². The molecule has 0 radical (unpaired) electrons. The van der Waals surface area contributed by atoms with Crippen molar-refractivity contribution in [2.45, 2.75) is 26.4 Å². The maximum atomic E-state index is 12.7. The Hall–Kier alpha value is -1.86. The lowest BCUT2D eigenvalue weighted by Crippen LogP contribution is -2.47. The Morgan fingerprint density at radius 2 is 2.00 bits per heavy atom. The molecule has 0 bridgehead atoms. The fourth-order valence-electron chi connectivity index (χ4n) is 3.46. The average molecular weight is 335 g/mol. The molecule has 0 aromatic carbocycles. The molecule has 3 rings (SSSR count). The van der Waals surface area contributed by atoms with Crippen LogP contribution < -0.4 is 5.32 Å². The summed E-state index contributed by atoms with van der Waals surface area (Å²) in [7, 11) is 0. The summed E-state index contributed by atoms with van der Waals surface area (Å²) in [4.78, 5) is 27.9. The lowest BCUT2D eigenvalue weighted by molar-refractivity contribution is -0.119. The van der Waals surface area contributed by atoms with E-state index in [2.05, 4.69) is 17.1 Å². The number of nitrogens with one attached hydrogen (secondary N) is 1. The molecular formula is C17H25N3O4. The molecule has 132 valence electrons. The van der Waals surface area contributed by atoms with Crippen LogP contribution in [0.5, 0.6) is 0 Å². The van der Waals surface area contributed by atoms with Crippen LogP contribution in [-0.2, 0) is 16.1 Å². The van der Waals surface area contributed by atoms with Crippen molar-refractivity contribution in [2.24, 2.45) is 5.92 Å². The number of likely N-dealkylation sites (tertiary alicyclic amines) is 1. The van der Waals surface area contributed by atoms with Crippen LogP contribution in [0, 0.1) is 5.92 Å². The number of carbonyl (C=O) groups is 2. The minimum absolute atomic E-state index is 0.0771. The van der Waals surface area contributed by atoms with Crippen LogP contribution in [0.15, 0.2) is 16.5 Å². The van der Waals surface area contributed by atoms with Crippen molar-refractivity contribution >= 4 is 11.8 Å². The fraction of sp³-hybridized carbons (Fsp3) is 0.647. The Morgan fingerprint density at radius 3 is 2.71 bits per heavy atom. The summed E-state index contributed by atoms with van der Waals surface area (Å²) < 4.78 is 11.0. The third-order valence-corrected chi connectivity index (χ3v) is 4.76. The van der Waals surface area contributed by atoms with Crippen LogP contribution in [0.1, 0.15) is 30.2 Å². The molecule has 1 aromatic rings. The van der Waals surface area contributed by atoms with Gasteiger partial charge in [0, 0.05) is 39.1 Å². The monoisotopic (exact) mass is 335 g/mol. The van der Waals surface area contributed by atoms with Gasteiger partial charge in [-0.1, -0.05) is 6.92 Å². The van der Waals surface area contributed by atoms with E-state index in [1.54, 1.807) is 12.1 Å². The Kier molecular flexibility index (Phi) is 5.20. The summed E-state index contributed by atoms with van der Waals surface area (Å²) in [6, 6.07) is 3.81. The molecule has 3 heterocycles.